The first kappa shape index (κ1) is 28.8. The van der Waals surface area contributed by atoms with E-state index in [4.69, 9.17) is 10.5 Å². The topological polar surface area (TPSA) is 151 Å². The van der Waals surface area contributed by atoms with E-state index in [1.807, 2.05) is 0 Å². The van der Waals surface area contributed by atoms with Crippen LogP contribution in [0, 0.1) is 11.8 Å². The number of alkyl halides is 5. The number of fused-ring (bicyclic) bond motifs is 1. The number of nitrogens with one attached hydrogen (secondary N) is 1. The molecule has 3 aromatic heterocycles. The van der Waals surface area contributed by atoms with Crippen LogP contribution < -0.4 is 11.1 Å². The fraction of sp³-hybridized carbons (Fsp3) is 0.600. The molecule has 3 N–H and O–H groups in total. The van der Waals surface area contributed by atoms with E-state index < -0.39 is 42.2 Å². The van der Waals surface area contributed by atoms with Gasteiger partial charge >= 0.3 is 6.18 Å². The molecule has 0 spiro atoms. The molecular formula is C25H28F5N7O4. The summed E-state index contributed by atoms with van der Waals surface area (Å²) in [4.78, 5) is 29.0. The van der Waals surface area contributed by atoms with E-state index >= 15 is 0 Å². The Balaban J connectivity index is 1.40. The number of hydrogen-bond donors (Lipinski definition) is 2. The summed E-state index contributed by atoms with van der Waals surface area (Å²) in [5.74, 6) is -5.38. The molecule has 0 aliphatic heterocycles. The summed E-state index contributed by atoms with van der Waals surface area (Å²) in [5, 5.41) is 14.4. The minimum absolute atomic E-state index is 0.00585. The molecule has 11 nitrogen and oxygen atoms in total. The number of primary amides is 1. The highest BCUT2D eigenvalue weighted by Crippen LogP contribution is 2.45. The number of nitrogens with two attached hydrogens (primary N) is 1. The molecular weight excluding hydrogens is 557 g/mol. The Morgan fingerprint density at radius 1 is 1.24 bits per heavy atom. The van der Waals surface area contributed by atoms with Crippen LogP contribution in [0.1, 0.15) is 85.4 Å². The van der Waals surface area contributed by atoms with E-state index in [0.29, 0.717) is 11.2 Å². The van der Waals surface area contributed by atoms with Gasteiger partial charge in [0, 0.05) is 19.3 Å². The molecule has 0 aromatic carbocycles. The molecule has 2 fully saturated rings. The molecule has 2 aliphatic carbocycles. The zero-order valence-corrected chi connectivity index (χ0v) is 22.1. The Morgan fingerprint density at radius 3 is 2.56 bits per heavy atom. The molecule has 222 valence electrons. The lowest BCUT2D eigenvalue weighted by atomic mass is 9.79. The van der Waals surface area contributed by atoms with Gasteiger partial charge < -0.3 is 15.8 Å². The van der Waals surface area contributed by atoms with Gasteiger partial charge in [-0.2, -0.15) is 18.3 Å². The molecule has 3 aromatic rings. The monoisotopic (exact) mass is 585 g/mol. The second kappa shape index (κ2) is 10.3. The van der Waals surface area contributed by atoms with Crippen molar-refractivity contribution >= 4 is 17.5 Å². The van der Waals surface area contributed by atoms with Crippen LogP contribution >= 0.6 is 0 Å². The van der Waals surface area contributed by atoms with Gasteiger partial charge in [0.1, 0.15) is 5.69 Å². The third-order valence-electron chi connectivity index (χ3n) is 7.51. The highest BCUT2D eigenvalue weighted by atomic mass is 19.4. The van der Waals surface area contributed by atoms with Crippen molar-refractivity contribution in [1.29, 1.82) is 0 Å². The second-order valence-electron chi connectivity index (χ2n) is 11.2. The van der Waals surface area contributed by atoms with Crippen LogP contribution in [0.3, 0.4) is 0 Å². The fourth-order valence-corrected chi connectivity index (χ4v) is 4.85. The SMILES string of the molecule is CC(C)(OC[C@H](c1cn2ncc([C@H](NC(=O)CC3CC(F)(F)C3)C3CC3)cc2n1)c1nonc1C(N)=O)C(F)(F)F. The molecule has 0 radical (unpaired) electrons. The summed E-state index contributed by atoms with van der Waals surface area (Å²) >= 11 is 0. The van der Waals surface area contributed by atoms with Crippen molar-refractivity contribution in [3.63, 3.8) is 0 Å². The Morgan fingerprint density at radius 2 is 1.95 bits per heavy atom. The maximum Gasteiger partial charge on any atom is 0.416 e. The van der Waals surface area contributed by atoms with Gasteiger partial charge in [0.15, 0.2) is 16.9 Å². The van der Waals surface area contributed by atoms with E-state index in [1.165, 1.54) is 16.9 Å². The second-order valence-corrected chi connectivity index (χ2v) is 11.2. The summed E-state index contributed by atoms with van der Waals surface area (Å²) in [7, 11) is 0. The summed E-state index contributed by atoms with van der Waals surface area (Å²) < 4.78 is 78.0. The summed E-state index contributed by atoms with van der Waals surface area (Å²) in [6, 6.07) is 1.26. The van der Waals surface area contributed by atoms with E-state index in [9.17, 15) is 31.5 Å². The fourth-order valence-electron chi connectivity index (χ4n) is 4.85. The number of hydrogen-bond acceptors (Lipinski definition) is 8. The van der Waals surface area contributed by atoms with Gasteiger partial charge in [-0.05, 0) is 55.3 Å². The number of carbonyl (C=O) groups is 2. The smallest absolute Gasteiger partial charge is 0.365 e. The molecule has 3 heterocycles. The van der Waals surface area contributed by atoms with Crippen molar-refractivity contribution in [2.24, 2.45) is 17.6 Å². The zero-order chi connectivity index (χ0) is 29.7. The van der Waals surface area contributed by atoms with Gasteiger partial charge in [0.2, 0.25) is 11.8 Å². The Hall–Kier alpha value is -3.69. The van der Waals surface area contributed by atoms with Crippen LogP contribution in [0.5, 0.6) is 0 Å². The number of halogens is 5. The Kier molecular flexibility index (Phi) is 7.24. The van der Waals surface area contributed by atoms with Crippen molar-refractivity contribution in [2.45, 2.75) is 75.6 Å². The van der Waals surface area contributed by atoms with E-state index in [1.54, 1.807) is 6.07 Å². The van der Waals surface area contributed by atoms with Gasteiger partial charge in [-0.15, -0.1) is 0 Å². The van der Waals surface area contributed by atoms with Crippen LogP contribution in [-0.2, 0) is 9.53 Å². The van der Waals surface area contributed by atoms with Gasteiger partial charge in [-0.1, -0.05) is 5.16 Å². The minimum atomic E-state index is -4.69. The van der Waals surface area contributed by atoms with Crippen LogP contribution in [0.15, 0.2) is 23.1 Å². The maximum absolute atomic E-state index is 13.5. The Labute approximate surface area is 229 Å². The predicted molar refractivity (Wildman–Crippen MR) is 130 cm³/mol. The molecule has 2 amide bonds. The summed E-state index contributed by atoms with van der Waals surface area (Å²) in [6.07, 6.45) is -0.597. The molecule has 5 rings (SSSR count). The van der Waals surface area contributed by atoms with E-state index in [2.05, 4.69) is 30.3 Å². The zero-order valence-electron chi connectivity index (χ0n) is 22.1. The molecule has 2 saturated carbocycles. The molecule has 0 saturated heterocycles. The summed E-state index contributed by atoms with van der Waals surface area (Å²) in [5.41, 5.74) is 3.38. The standard InChI is InChI=1S/C25H28F5N7O4/c1-23(2,25(28,29)30)40-11-15(20-21(22(31)39)36-41-35-20)16-10-37-17(33-16)6-14(9-32-37)19(13-3-4-13)34-18(38)5-12-7-24(26,27)8-12/h6,9-10,12-13,15,19H,3-5,7-8,11H2,1-2H3,(H2,31,39)(H,34,38)/t15-,19-/m1/s1. The van der Waals surface area contributed by atoms with Crippen molar-refractivity contribution in [1.82, 2.24) is 30.2 Å². The first-order chi connectivity index (χ1) is 19.1. The van der Waals surface area contributed by atoms with Gasteiger partial charge in [0.05, 0.1) is 36.7 Å². The number of amides is 2. The van der Waals surface area contributed by atoms with Crippen LogP contribution in [0.25, 0.3) is 5.65 Å². The van der Waals surface area contributed by atoms with E-state index in [-0.39, 0.29) is 54.1 Å². The number of aromatic nitrogens is 5. The van der Waals surface area contributed by atoms with Crippen molar-refractivity contribution in [2.75, 3.05) is 6.61 Å². The first-order valence-corrected chi connectivity index (χ1v) is 13.0. The largest absolute Gasteiger partial charge is 0.416 e. The van der Waals surface area contributed by atoms with Crippen LogP contribution in [0.2, 0.25) is 0 Å². The van der Waals surface area contributed by atoms with Crippen LogP contribution in [0.4, 0.5) is 22.0 Å². The number of imidazole rings is 1. The van der Waals surface area contributed by atoms with Crippen molar-refractivity contribution in [3.05, 3.63) is 41.1 Å². The third kappa shape index (κ3) is 6.16. The molecule has 0 bridgehead atoms. The lowest BCUT2D eigenvalue weighted by molar-refractivity contribution is -0.264. The predicted octanol–water partition coefficient (Wildman–Crippen LogP) is 3.70. The normalized spacial score (nSPS) is 19.1. The summed E-state index contributed by atoms with van der Waals surface area (Å²) in [6.45, 7) is 1.12. The lowest BCUT2D eigenvalue weighted by Crippen LogP contribution is -2.42. The third-order valence-corrected chi connectivity index (χ3v) is 7.51. The molecule has 0 unspecified atom stereocenters. The van der Waals surface area contributed by atoms with Crippen LogP contribution in [-0.4, -0.2) is 61.0 Å². The number of ether oxygens (including phenoxy) is 1. The first-order valence-electron chi connectivity index (χ1n) is 13.0. The quantitative estimate of drug-likeness (QED) is 0.324. The minimum Gasteiger partial charge on any atom is -0.365 e. The van der Waals surface area contributed by atoms with Gasteiger partial charge in [0.25, 0.3) is 5.91 Å². The average Bonchev–Trinajstić information content (AvgIpc) is 3.41. The van der Waals surface area contributed by atoms with Crippen molar-refractivity contribution < 1.29 is 40.9 Å². The lowest BCUT2D eigenvalue weighted by Gasteiger charge is -2.34. The Bertz CT molecular complexity index is 1440. The highest BCUT2D eigenvalue weighted by molar-refractivity contribution is 5.91. The van der Waals surface area contributed by atoms with E-state index in [0.717, 1.165) is 26.7 Å². The molecule has 2 aliphatic rings. The van der Waals surface area contributed by atoms with Gasteiger partial charge in [-0.25, -0.2) is 22.9 Å². The number of nitrogens with zero attached hydrogens (tertiary/aromatic N) is 5. The van der Waals surface area contributed by atoms with Crippen molar-refractivity contribution in [3.8, 4) is 0 Å². The number of carbonyl (C=O) groups excluding carboxylic acids is 2. The number of rotatable bonds is 11. The molecule has 16 heteroatoms. The highest BCUT2D eigenvalue weighted by Gasteiger charge is 2.49. The van der Waals surface area contributed by atoms with Gasteiger partial charge in [-0.3, -0.25) is 9.59 Å². The average molecular weight is 586 g/mol. The molecule has 2 atom stereocenters. The molecule has 41 heavy (non-hydrogen) atoms. The maximum atomic E-state index is 13.5.